The SMILES string of the molecule is [2H]C([2H])([2H])c1cnc(-c2ccc(-c3ccccc3)c3c2sc2ccccc23)cc1C([2H])([2H])C(C)(C)C. The Morgan fingerprint density at radius 3 is 2.45 bits per heavy atom. The van der Waals surface area contributed by atoms with Crippen LogP contribution in [0.2, 0.25) is 0 Å². The summed E-state index contributed by atoms with van der Waals surface area (Å²) < 4.78 is 44.1. The van der Waals surface area contributed by atoms with Crippen molar-refractivity contribution in [3.8, 4) is 22.4 Å². The van der Waals surface area contributed by atoms with Gasteiger partial charge in [-0.15, -0.1) is 11.3 Å². The van der Waals surface area contributed by atoms with Crippen molar-refractivity contribution in [1.29, 1.82) is 0 Å². The maximum atomic E-state index is 8.89. The van der Waals surface area contributed by atoms with Crippen molar-refractivity contribution in [1.82, 2.24) is 4.98 Å². The molecule has 0 spiro atoms. The second kappa shape index (κ2) is 7.62. The van der Waals surface area contributed by atoms with Gasteiger partial charge in [-0.25, -0.2) is 0 Å². The highest BCUT2D eigenvalue weighted by Crippen LogP contribution is 2.44. The number of fused-ring (bicyclic) bond motifs is 3. The molecule has 0 radical (unpaired) electrons. The number of hydrogen-bond donors (Lipinski definition) is 0. The monoisotopic (exact) mass is 426 g/mol. The fraction of sp³-hybridized carbons (Fsp3) is 0.207. The van der Waals surface area contributed by atoms with E-state index >= 15 is 0 Å². The lowest BCUT2D eigenvalue weighted by molar-refractivity contribution is 0.410. The van der Waals surface area contributed by atoms with Crippen LogP contribution in [0.1, 0.15) is 38.8 Å². The molecule has 0 N–H and O–H groups in total. The minimum atomic E-state index is -2.47. The maximum Gasteiger partial charge on any atom is 0.0719 e. The van der Waals surface area contributed by atoms with Crippen LogP contribution in [0.3, 0.4) is 0 Å². The summed E-state index contributed by atoms with van der Waals surface area (Å²) >= 11 is 1.68. The Labute approximate surface area is 195 Å². The summed E-state index contributed by atoms with van der Waals surface area (Å²) in [6.07, 6.45) is -0.539. The summed E-state index contributed by atoms with van der Waals surface area (Å²) in [5, 5.41) is 2.28. The summed E-state index contributed by atoms with van der Waals surface area (Å²) in [7, 11) is 0. The highest BCUT2D eigenvalue weighted by molar-refractivity contribution is 7.26. The molecular weight excluding hydrogens is 394 g/mol. The van der Waals surface area contributed by atoms with E-state index in [0.29, 0.717) is 5.69 Å². The molecule has 2 heterocycles. The van der Waals surface area contributed by atoms with Crippen molar-refractivity contribution in [3.63, 3.8) is 0 Å². The van der Waals surface area contributed by atoms with Gasteiger partial charge in [0.2, 0.25) is 0 Å². The van der Waals surface area contributed by atoms with Crippen LogP contribution in [0.4, 0.5) is 0 Å². The van der Waals surface area contributed by atoms with E-state index in [9.17, 15) is 0 Å². The Morgan fingerprint density at radius 2 is 1.68 bits per heavy atom. The van der Waals surface area contributed by atoms with Crippen LogP contribution in [0.25, 0.3) is 42.6 Å². The zero-order valence-electron chi connectivity index (χ0n) is 22.9. The third-order valence-electron chi connectivity index (χ3n) is 5.30. The first-order chi connectivity index (χ1) is 16.9. The predicted octanol–water partition coefficient (Wildman–Crippen LogP) is 8.68. The number of benzene rings is 3. The molecule has 0 aliphatic rings. The number of aromatic nitrogens is 1. The molecule has 0 unspecified atom stereocenters. The summed E-state index contributed by atoms with van der Waals surface area (Å²) in [5.41, 5.74) is 3.00. The largest absolute Gasteiger partial charge is 0.256 e. The number of hydrogen-bond acceptors (Lipinski definition) is 2. The molecule has 2 heteroatoms. The minimum absolute atomic E-state index is 0.0420. The van der Waals surface area contributed by atoms with Crippen LogP contribution in [-0.2, 0) is 6.37 Å². The van der Waals surface area contributed by atoms with Gasteiger partial charge in [0, 0.05) is 38.8 Å². The number of rotatable bonds is 3. The van der Waals surface area contributed by atoms with Gasteiger partial charge in [0.1, 0.15) is 0 Å². The highest BCUT2D eigenvalue weighted by atomic mass is 32.1. The smallest absolute Gasteiger partial charge is 0.0719 e. The Balaban J connectivity index is 1.82. The van der Waals surface area contributed by atoms with Crippen molar-refractivity contribution in [2.75, 3.05) is 0 Å². The van der Waals surface area contributed by atoms with E-state index in [1.165, 1.54) is 6.20 Å². The Kier molecular flexibility index (Phi) is 3.67. The lowest BCUT2D eigenvalue weighted by Crippen LogP contribution is -2.10. The van der Waals surface area contributed by atoms with E-state index < -0.39 is 18.6 Å². The van der Waals surface area contributed by atoms with Crippen molar-refractivity contribution in [2.45, 2.75) is 34.0 Å². The van der Waals surface area contributed by atoms with Gasteiger partial charge in [0.15, 0.2) is 0 Å². The van der Waals surface area contributed by atoms with E-state index in [0.717, 1.165) is 36.9 Å². The van der Waals surface area contributed by atoms with E-state index in [2.05, 4.69) is 35.3 Å². The minimum Gasteiger partial charge on any atom is -0.256 e. The van der Waals surface area contributed by atoms with E-state index in [4.69, 9.17) is 6.85 Å². The molecule has 0 aliphatic heterocycles. The van der Waals surface area contributed by atoms with Gasteiger partial charge in [0.25, 0.3) is 0 Å². The topological polar surface area (TPSA) is 12.9 Å². The maximum absolute atomic E-state index is 8.89. The van der Waals surface area contributed by atoms with Crippen LogP contribution in [0, 0.1) is 12.3 Å². The van der Waals surface area contributed by atoms with Crippen LogP contribution in [0.5, 0.6) is 0 Å². The quantitative estimate of drug-likeness (QED) is 0.281. The van der Waals surface area contributed by atoms with Crippen molar-refractivity contribution < 1.29 is 6.85 Å². The molecule has 0 amide bonds. The molecule has 31 heavy (non-hydrogen) atoms. The Bertz CT molecular complexity index is 1580. The second-order valence-corrected chi connectivity index (χ2v) is 9.87. The number of aryl methyl sites for hydroxylation is 1. The van der Waals surface area contributed by atoms with Gasteiger partial charge in [-0.05, 0) is 53.0 Å². The number of thiophene rings is 1. The highest BCUT2D eigenvalue weighted by Gasteiger charge is 2.18. The molecule has 1 nitrogen and oxygen atoms in total. The van der Waals surface area contributed by atoms with Gasteiger partial charge in [-0.2, -0.15) is 0 Å². The first-order valence-electron chi connectivity index (χ1n) is 12.9. The van der Waals surface area contributed by atoms with Gasteiger partial charge < -0.3 is 0 Å². The fourth-order valence-corrected chi connectivity index (χ4v) is 5.25. The fourth-order valence-electron chi connectivity index (χ4n) is 4.00. The standard InChI is InChI=1S/C29H27NS/c1-19-18-30-25(16-21(19)17-29(2,3)4)23-15-14-22(20-10-6-5-7-11-20)27-24-12-8-9-13-26(24)31-28(23)27/h5-16,18H,17H2,1-4H3/i1D3,17D2. The molecule has 0 bridgehead atoms. The van der Waals surface area contributed by atoms with Crippen LogP contribution in [-0.4, -0.2) is 4.98 Å². The molecular formula is C29H27NS. The van der Waals surface area contributed by atoms with Gasteiger partial charge in [0.05, 0.1) is 5.69 Å². The molecule has 5 rings (SSSR count). The van der Waals surface area contributed by atoms with Crippen LogP contribution >= 0.6 is 11.3 Å². The molecule has 5 aromatic rings. The Morgan fingerprint density at radius 1 is 0.935 bits per heavy atom. The normalized spacial score (nSPS) is 15.3. The number of pyridine rings is 1. The van der Waals surface area contributed by atoms with Crippen LogP contribution < -0.4 is 0 Å². The lowest BCUT2D eigenvalue weighted by atomic mass is 9.86. The molecule has 2 aromatic heterocycles. The molecule has 0 saturated heterocycles. The van der Waals surface area contributed by atoms with Crippen molar-refractivity contribution in [2.24, 2.45) is 5.41 Å². The predicted molar refractivity (Wildman–Crippen MR) is 136 cm³/mol. The average molecular weight is 427 g/mol. The molecule has 0 aliphatic carbocycles. The summed E-state index contributed by atoms with van der Waals surface area (Å²) in [5.74, 6) is 0. The third kappa shape index (κ3) is 3.77. The first kappa shape index (κ1) is 14.9. The summed E-state index contributed by atoms with van der Waals surface area (Å²) in [4.78, 5) is 4.57. The zero-order valence-corrected chi connectivity index (χ0v) is 18.7. The van der Waals surface area contributed by atoms with Crippen molar-refractivity contribution in [3.05, 3.63) is 90.1 Å². The van der Waals surface area contributed by atoms with Gasteiger partial charge in [-0.3, -0.25) is 4.98 Å². The molecule has 0 saturated carbocycles. The second-order valence-electron chi connectivity index (χ2n) is 8.82. The van der Waals surface area contributed by atoms with E-state index in [1.54, 1.807) is 38.2 Å². The average Bonchev–Trinajstić information content (AvgIpc) is 3.22. The molecule has 0 atom stereocenters. The number of nitrogens with zero attached hydrogens (tertiary/aromatic N) is 1. The zero-order chi connectivity index (χ0) is 25.9. The molecule has 0 fully saturated rings. The summed E-state index contributed by atoms with van der Waals surface area (Å²) in [6, 6.07) is 24.3. The van der Waals surface area contributed by atoms with Gasteiger partial charge in [-0.1, -0.05) is 81.4 Å². The lowest BCUT2D eigenvalue weighted by Gasteiger charge is -2.20. The van der Waals surface area contributed by atoms with Crippen LogP contribution in [0.15, 0.2) is 79.0 Å². The third-order valence-corrected chi connectivity index (χ3v) is 6.50. The van der Waals surface area contributed by atoms with E-state index in [-0.39, 0.29) is 11.1 Å². The van der Waals surface area contributed by atoms with Crippen molar-refractivity contribution >= 4 is 31.5 Å². The molecule has 154 valence electrons. The Hall–Kier alpha value is -2.97. The van der Waals surface area contributed by atoms with E-state index in [1.807, 2.05) is 36.4 Å². The summed E-state index contributed by atoms with van der Waals surface area (Å²) in [6.45, 7) is 2.89. The first-order valence-corrected chi connectivity index (χ1v) is 11.2. The molecule has 3 aromatic carbocycles. The van der Waals surface area contributed by atoms with Gasteiger partial charge >= 0.3 is 0 Å².